The highest BCUT2D eigenvalue weighted by Gasteiger charge is 2.09. The third kappa shape index (κ3) is 2.63. The maximum absolute atomic E-state index is 5.25. The van der Waals surface area contributed by atoms with Crippen molar-refractivity contribution in [2.75, 3.05) is 7.11 Å². The van der Waals surface area contributed by atoms with Crippen molar-refractivity contribution in [1.82, 2.24) is 4.98 Å². The second kappa shape index (κ2) is 6.17. The molecule has 0 N–H and O–H groups in total. The van der Waals surface area contributed by atoms with Gasteiger partial charge in [-0.2, -0.15) is 0 Å². The molecule has 0 radical (unpaired) electrons. The van der Waals surface area contributed by atoms with E-state index in [2.05, 4.69) is 48.5 Å². The molecule has 2 heteroatoms. The second-order valence-electron chi connectivity index (χ2n) is 5.67. The Kier molecular flexibility index (Phi) is 3.72. The van der Waals surface area contributed by atoms with E-state index in [4.69, 9.17) is 9.72 Å². The Balaban J connectivity index is 1.94. The fourth-order valence-electron chi connectivity index (χ4n) is 2.94. The van der Waals surface area contributed by atoms with E-state index in [9.17, 15) is 0 Å². The van der Waals surface area contributed by atoms with Gasteiger partial charge >= 0.3 is 0 Å². The Morgan fingerprint density at radius 1 is 0.708 bits per heavy atom. The van der Waals surface area contributed by atoms with Crippen molar-refractivity contribution in [2.24, 2.45) is 0 Å². The van der Waals surface area contributed by atoms with Crippen LogP contribution < -0.4 is 4.74 Å². The van der Waals surface area contributed by atoms with E-state index in [0.29, 0.717) is 0 Å². The third-order valence-corrected chi connectivity index (χ3v) is 4.19. The van der Waals surface area contributed by atoms with Crippen LogP contribution in [0.15, 0.2) is 84.9 Å². The first-order valence-corrected chi connectivity index (χ1v) is 7.95. The van der Waals surface area contributed by atoms with Crippen LogP contribution in [0.4, 0.5) is 0 Å². The summed E-state index contributed by atoms with van der Waals surface area (Å²) in [6.07, 6.45) is 0. The molecule has 0 amide bonds. The van der Waals surface area contributed by atoms with Crippen LogP contribution in [-0.2, 0) is 0 Å². The van der Waals surface area contributed by atoms with Crippen molar-refractivity contribution in [3.8, 4) is 28.1 Å². The molecule has 1 heterocycles. The van der Waals surface area contributed by atoms with E-state index in [-0.39, 0.29) is 0 Å². The molecule has 0 unspecified atom stereocenters. The molecule has 0 atom stereocenters. The first-order valence-electron chi connectivity index (χ1n) is 7.95. The van der Waals surface area contributed by atoms with Crippen molar-refractivity contribution in [2.45, 2.75) is 0 Å². The molecule has 4 aromatic rings. The molecule has 3 aromatic carbocycles. The minimum absolute atomic E-state index is 0.850. The van der Waals surface area contributed by atoms with Crippen LogP contribution in [0.25, 0.3) is 33.3 Å². The first kappa shape index (κ1) is 14.5. The zero-order valence-electron chi connectivity index (χ0n) is 13.4. The second-order valence-corrected chi connectivity index (χ2v) is 5.67. The van der Waals surface area contributed by atoms with Gasteiger partial charge in [0.1, 0.15) is 5.75 Å². The Morgan fingerprint density at radius 3 is 2.17 bits per heavy atom. The summed E-state index contributed by atoms with van der Waals surface area (Å²) in [4.78, 5) is 4.85. The highest BCUT2D eigenvalue weighted by molar-refractivity contribution is 5.96. The smallest absolute Gasteiger partial charge is 0.118 e. The number of hydrogen-bond donors (Lipinski definition) is 0. The van der Waals surface area contributed by atoms with Crippen molar-refractivity contribution in [3.63, 3.8) is 0 Å². The number of nitrogens with zero attached hydrogens (tertiary/aromatic N) is 1. The number of fused-ring (bicyclic) bond motifs is 1. The van der Waals surface area contributed by atoms with Gasteiger partial charge in [-0.25, -0.2) is 4.98 Å². The molecule has 0 bridgehead atoms. The summed E-state index contributed by atoms with van der Waals surface area (Å²) in [6, 6.07) is 28.9. The normalized spacial score (nSPS) is 10.7. The quantitative estimate of drug-likeness (QED) is 0.493. The number of para-hydroxylation sites is 1. The van der Waals surface area contributed by atoms with Crippen molar-refractivity contribution in [1.29, 1.82) is 0 Å². The van der Waals surface area contributed by atoms with Crippen molar-refractivity contribution >= 4 is 10.9 Å². The number of rotatable bonds is 3. The number of aromatic nitrogens is 1. The SMILES string of the molecule is COc1ccc(-c2cc(-c3ccccc3)c3ccccc3n2)cc1. The lowest BCUT2D eigenvalue weighted by atomic mass is 9.98. The van der Waals surface area contributed by atoms with Gasteiger partial charge in [0.05, 0.1) is 18.3 Å². The number of benzene rings is 3. The Labute approximate surface area is 141 Å². The standard InChI is InChI=1S/C22H17NO/c1-24-18-13-11-17(12-14-18)22-15-20(16-7-3-2-4-8-16)19-9-5-6-10-21(19)23-22/h2-15H,1H3. The molecule has 0 saturated carbocycles. The van der Waals surface area contributed by atoms with Crippen LogP contribution >= 0.6 is 0 Å². The lowest BCUT2D eigenvalue weighted by molar-refractivity contribution is 0.415. The molecule has 0 aliphatic carbocycles. The fourth-order valence-corrected chi connectivity index (χ4v) is 2.94. The molecule has 0 fully saturated rings. The molecular formula is C22H17NO. The lowest BCUT2D eigenvalue weighted by Gasteiger charge is -2.10. The number of ether oxygens (including phenoxy) is 1. The van der Waals surface area contributed by atoms with E-state index < -0.39 is 0 Å². The van der Waals surface area contributed by atoms with Gasteiger partial charge in [-0.1, -0.05) is 48.5 Å². The number of pyridine rings is 1. The average molecular weight is 311 g/mol. The Bertz CT molecular complexity index is 976. The molecule has 2 nitrogen and oxygen atoms in total. The molecule has 1 aromatic heterocycles. The molecule has 0 saturated heterocycles. The largest absolute Gasteiger partial charge is 0.497 e. The zero-order valence-corrected chi connectivity index (χ0v) is 13.4. The number of hydrogen-bond acceptors (Lipinski definition) is 2. The molecule has 116 valence electrons. The fraction of sp³-hybridized carbons (Fsp3) is 0.0455. The summed E-state index contributed by atoms with van der Waals surface area (Å²) >= 11 is 0. The summed E-state index contributed by atoms with van der Waals surface area (Å²) in [5, 5.41) is 1.17. The van der Waals surface area contributed by atoms with Gasteiger partial charge in [0.25, 0.3) is 0 Å². The molecular weight excluding hydrogens is 294 g/mol. The highest BCUT2D eigenvalue weighted by atomic mass is 16.5. The van der Waals surface area contributed by atoms with Crippen LogP contribution in [-0.4, -0.2) is 12.1 Å². The molecule has 0 aliphatic heterocycles. The maximum Gasteiger partial charge on any atom is 0.118 e. The van der Waals surface area contributed by atoms with Gasteiger partial charge in [0, 0.05) is 10.9 Å². The van der Waals surface area contributed by atoms with E-state index in [0.717, 1.165) is 22.5 Å². The molecule has 0 spiro atoms. The minimum atomic E-state index is 0.850. The predicted molar refractivity (Wildman–Crippen MR) is 99.2 cm³/mol. The van der Waals surface area contributed by atoms with Crippen LogP contribution in [0.5, 0.6) is 5.75 Å². The van der Waals surface area contributed by atoms with Crippen molar-refractivity contribution in [3.05, 3.63) is 84.9 Å². The first-order chi connectivity index (χ1) is 11.8. The third-order valence-electron chi connectivity index (χ3n) is 4.19. The van der Waals surface area contributed by atoms with E-state index in [1.807, 2.05) is 36.4 Å². The summed E-state index contributed by atoms with van der Waals surface area (Å²) in [5.41, 5.74) is 5.46. The maximum atomic E-state index is 5.25. The Hall–Kier alpha value is -3.13. The summed E-state index contributed by atoms with van der Waals surface area (Å²) in [6.45, 7) is 0. The molecule has 24 heavy (non-hydrogen) atoms. The van der Waals surface area contributed by atoms with Gasteiger partial charge in [0.2, 0.25) is 0 Å². The van der Waals surface area contributed by atoms with Gasteiger partial charge in [0.15, 0.2) is 0 Å². The predicted octanol–water partition coefficient (Wildman–Crippen LogP) is 5.58. The summed E-state index contributed by atoms with van der Waals surface area (Å²) < 4.78 is 5.25. The van der Waals surface area contributed by atoms with Crippen LogP contribution in [0, 0.1) is 0 Å². The summed E-state index contributed by atoms with van der Waals surface area (Å²) in [7, 11) is 1.68. The molecule has 0 aliphatic rings. The van der Waals surface area contributed by atoms with E-state index in [1.54, 1.807) is 7.11 Å². The van der Waals surface area contributed by atoms with Crippen LogP contribution in [0.2, 0.25) is 0 Å². The topological polar surface area (TPSA) is 22.1 Å². The van der Waals surface area contributed by atoms with Crippen LogP contribution in [0.1, 0.15) is 0 Å². The number of methoxy groups -OCH3 is 1. The van der Waals surface area contributed by atoms with Crippen LogP contribution in [0.3, 0.4) is 0 Å². The van der Waals surface area contributed by atoms with E-state index >= 15 is 0 Å². The van der Waals surface area contributed by atoms with Crippen molar-refractivity contribution < 1.29 is 4.74 Å². The van der Waals surface area contributed by atoms with Gasteiger partial charge < -0.3 is 4.74 Å². The van der Waals surface area contributed by atoms with Gasteiger partial charge in [-0.15, -0.1) is 0 Å². The minimum Gasteiger partial charge on any atom is -0.497 e. The Morgan fingerprint density at radius 2 is 1.42 bits per heavy atom. The highest BCUT2D eigenvalue weighted by Crippen LogP contribution is 2.32. The monoisotopic (exact) mass is 311 g/mol. The average Bonchev–Trinajstić information content (AvgIpc) is 2.68. The molecule has 4 rings (SSSR count). The van der Waals surface area contributed by atoms with Gasteiger partial charge in [-0.05, 0) is 47.5 Å². The zero-order chi connectivity index (χ0) is 16.4. The lowest BCUT2D eigenvalue weighted by Crippen LogP contribution is -1.90. The van der Waals surface area contributed by atoms with E-state index in [1.165, 1.54) is 16.5 Å². The van der Waals surface area contributed by atoms with Gasteiger partial charge in [-0.3, -0.25) is 0 Å². The summed E-state index contributed by atoms with van der Waals surface area (Å²) in [5.74, 6) is 0.850.